The molecule has 0 fully saturated rings. The van der Waals surface area contributed by atoms with E-state index in [1.165, 1.54) is 17.5 Å². The topological polar surface area (TPSA) is 39.7 Å². The third-order valence-corrected chi connectivity index (χ3v) is 3.77. The molecule has 0 heterocycles. The van der Waals surface area contributed by atoms with Crippen LogP contribution in [-0.4, -0.2) is 56.8 Å². The van der Waals surface area contributed by atoms with Crippen molar-refractivity contribution >= 4 is 5.96 Å². The van der Waals surface area contributed by atoms with Crippen LogP contribution >= 0.6 is 0 Å². The van der Waals surface area contributed by atoms with Crippen molar-refractivity contribution in [3.05, 3.63) is 35.9 Å². The monoisotopic (exact) mass is 358 g/mol. The highest BCUT2D eigenvalue weighted by Gasteiger charge is 2.28. The van der Waals surface area contributed by atoms with Crippen molar-refractivity contribution in [2.75, 3.05) is 33.7 Å². The molecule has 0 aliphatic heterocycles. The van der Waals surface area contributed by atoms with Crippen molar-refractivity contribution in [2.45, 2.75) is 38.4 Å². The second-order valence-electron chi connectivity index (χ2n) is 6.28. The number of guanidine groups is 1. The van der Waals surface area contributed by atoms with Gasteiger partial charge in [0.15, 0.2) is 5.96 Å². The van der Waals surface area contributed by atoms with E-state index < -0.39 is 12.7 Å². The van der Waals surface area contributed by atoms with Crippen LogP contribution in [-0.2, 0) is 6.42 Å². The van der Waals surface area contributed by atoms with Crippen LogP contribution in [0.3, 0.4) is 0 Å². The van der Waals surface area contributed by atoms with Crippen LogP contribution in [0, 0.1) is 0 Å². The van der Waals surface area contributed by atoms with E-state index in [1.807, 2.05) is 18.2 Å². The number of benzene rings is 1. The lowest BCUT2D eigenvalue weighted by Gasteiger charge is -2.20. The Bertz CT molecular complexity index is 503. The maximum absolute atomic E-state index is 12.3. The summed E-state index contributed by atoms with van der Waals surface area (Å²) < 4.78 is 36.8. The van der Waals surface area contributed by atoms with Crippen molar-refractivity contribution in [3.63, 3.8) is 0 Å². The van der Waals surface area contributed by atoms with Gasteiger partial charge in [-0.3, -0.25) is 9.89 Å². The normalized spacial score (nSPS) is 13.8. The van der Waals surface area contributed by atoms with Gasteiger partial charge in [0.25, 0.3) is 0 Å². The summed E-state index contributed by atoms with van der Waals surface area (Å²) >= 11 is 0. The molecule has 142 valence electrons. The highest BCUT2D eigenvalue weighted by atomic mass is 19.4. The fraction of sp³-hybridized carbons (Fsp3) is 0.611. The summed E-state index contributed by atoms with van der Waals surface area (Å²) in [5, 5.41) is 6.46. The predicted octanol–water partition coefficient (Wildman–Crippen LogP) is 3.06. The third-order valence-electron chi connectivity index (χ3n) is 3.77. The Balaban J connectivity index is 2.21. The van der Waals surface area contributed by atoms with Gasteiger partial charge in [-0.2, -0.15) is 13.2 Å². The Kier molecular flexibility index (Phi) is 9.34. The van der Waals surface area contributed by atoms with Gasteiger partial charge in [-0.15, -0.1) is 0 Å². The second kappa shape index (κ2) is 11.0. The first-order valence-corrected chi connectivity index (χ1v) is 8.56. The molecule has 0 radical (unpaired) electrons. The number of alkyl halides is 3. The van der Waals surface area contributed by atoms with Crippen molar-refractivity contribution in [2.24, 2.45) is 4.99 Å². The summed E-state index contributed by atoms with van der Waals surface area (Å²) in [6, 6.07) is 10.5. The van der Waals surface area contributed by atoms with Crippen LogP contribution in [0.25, 0.3) is 0 Å². The second-order valence-corrected chi connectivity index (χ2v) is 6.28. The molecule has 0 aliphatic carbocycles. The lowest BCUT2D eigenvalue weighted by molar-refractivity contribution is -0.143. The molecule has 0 aliphatic rings. The molecule has 1 aromatic carbocycles. The average Bonchev–Trinajstić information content (AvgIpc) is 2.55. The van der Waals surface area contributed by atoms with Gasteiger partial charge >= 0.3 is 6.18 Å². The standard InChI is InChI=1S/C18H29F3N4/c1-15(10-11-16-8-5-4-6-9-16)24-17(22-2)23-12-7-13-25(3)14-18(19,20)21/h4-6,8-9,15H,7,10-14H2,1-3H3,(H2,22,23,24). The molecule has 2 N–H and O–H groups in total. The van der Waals surface area contributed by atoms with E-state index >= 15 is 0 Å². The van der Waals surface area contributed by atoms with Gasteiger partial charge in [-0.25, -0.2) is 0 Å². The van der Waals surface area contributed by atoms with Crippen molar-refractivity contribution in [1.29, 1.82) is 0 Å². The molecule has 0 saturated carbocycles. The van der Waals surface area contributed by atoms with Gasteiger partial charge in [-0.1, -0.05) is 30.3 Å². The minimum Gasteiger partial charge on any atom is -0.356 e. The molecule has 0 aromatic heterocycles. The van der Waals surface area contributed by atoms with Crippen LogP contribution in [0.15, 0.2) is 35.3 Å². The molecule has 1 rings (SSSR count). The Hall–Kier alpha value is -1.76. The Morgan fingerprint density at radius 1 is 1.24 bits per heavy atom. The highest BCUT2D eigenvalue weighted by Crippen LogP contribution is 2.15. The maximum Gasteiger partial charge on any atom is 0.401 e. The molecule has 25 heavy (non-hydrogen) atoms. The van der Waals surface area contributed by atoms with Crippen LogP contribution in [0.4, 0.5) is 13.2 Å². The van der Waals surface area contributed by atoms with E-state index in [2.05, 4.69) is 34.7 Å². The first-order chi connectivity index (χ1) is 11.8. The van der Waals surface area contributed by atoms with Gasteiger partial charge in [0, 0.05) is 19.6 Å². The van der Waals surface area contributed by atoms with Gasteiger partial charge < -0.3 is 10.6 Å². The fourth-order valence-electron chi connectivity index (χ4n) is 2.47. The van der Waals surface area contributed by atoms with Gasteiger partial charge in [0.2, 0.25) is 0 Å². The first-order valence-electron chi connectivity index (χ1n) is 8.56. The van der Waals surface area contributed by atoms with E-state index in [4.69, 9.17) is 0 Å². The zero-order valence-corrected chi connectivity index (χ0v) is 15.2. The fourth-order valence-corrected chi connectivity index (χ4v) is 2.47. The smallest absolute Gasteiger partial charge is 0.356 e. The number of nitrogens with one attached hydrogen (secondary N) is 2. The average molecular weight is 358 g/mol. The molecular weight excluding hydrogens is 329 g/mol. The third kappa shape index (κ3) is 10.7. The summed E-state index contributed by atoms with van der Waals surface area (Å²) in [5.74, 6) is 0.680. The zero-order chi connectivity index (χ0) is 18.7. The molecular formula is C18H29F3N4. The lowest BCUT2D eigenvalue weighted by atomic mass is 10.1. The summed E-state index contributed by atoms with van der Waals surface area (Å²) in [5.41, 5.74) is 1.30. The first kappa shape index (κ1) is 21.3. The molecule has 0 spiro atoms. The minimum absolute atomic E-state index is 0.249. The Morgan fingerprint density at radius 3 is 2.52 bits per heavy atom. The van der Waals surface area contributed by atoms with Crippen LogP contribution < -0.4 is 10.6 Å². The summed E-state index contributed by atoms with van der Waals surface area (Å²) in [4.78, 5) is 5.44. The summed E-state index contributed by atoms with van der Waals surface area (Å²) in [6.07, 6.45) is -1.58. The number of hydrogen-bond donors (Lipinski definition) is 2. The maximum atomic E-state index is 12.3. The van der Waals surface area contributed by atoms with Gasteiger partial charge in [0.1, 0.15) is 0 Å². The number of hydrogen-bond acceptors (Lipinski definition) is 2. The van der Waals surface area contributed by atoms with E-state index in [0.29, 0.717) is 25.5 Å². The van der Waals surface area contributed by atoms with Crippen molar-refractivity contribution in [3.8, 4) is 0 Å². The number of halogens is 3. The van der Waals surface area contributed by atoms with Crippen LogP contribution in [0.5, 0.6) is 0 Å². The van der Waals surface area contributed by atoms with Gasteiger partial charge in [0.05, 0.1) is 6.54 Å². The lowest BCUT2D eigenvalue weighted by Crippen LogP contribution is -2.43. The Morgan fingerprint density at radius 2 is 1.92 bits per heavy atom. The quantitative estimate of drug-likeness (QED) is 0.405. The summed E-state index contributed by atoms with van der Waals surface area (Å²) in [7, 11) is 3.17. The molecule has 0 saturated heterocycles. The number of aryl methyl sites for hydroxylation is 1. The molecule has 0 amide bonds. The molecule has 1 unspecified atom stereocenters. The molecule has 4 nitrogen and oxygen atoms in total. The van der Waals surface area contributed by atoms with Crippen molar-refractivity contribution < 1.29 is 13.2 Å². The number of aliphatic imine (C=N–C) groups is 1. The number of rotatable bonds is 9. The molecule has 1 atom stereocenters. The van der Waals surface area contributed by atoms with E-state index in [9.17, 15) is 13.2 Å². The zero-order valence-electron chi connectivity index (χ0n) is 15.2. The molecule has 1 aromatic rings. The van der Waals surface area contributed by atoms with Gasteiger partial charge in [-0.05, 0) is 45.3 Å². The SMILES string of the molecule is CN=C(NCCCN(C)CC(F)(F)F)NC(C)CCc1ccccc1. The van der Waals surface area contributed by atoms with Crippen LogP contribution in [0.1, 0.15) is 25.3 Å². The van der Waals surface area contributed by atoms with Crippen LogP contribution in [0.2, 0.25) is 0 Å². The van der Waals surface area contributed by atoms with E-state index in [-0.39, 0.29) is 6.04 Å². The molecule has 0 bridgehead atoms. The molecule has 7 heteroatoms. The summed E-state index contributed by atoms with van der Waals surface area (Å²) in [6.45, 7) is 2.17. The number of nitrogens with zero attached hydrogens (tertiary/aromatic N) is 2. The van der Waals surface area contributed by atoms with E-state index in [1.54, 1.807) is 7.05 Å². The van der Waals surface area contributed by atoms with Crippen molar-refractivity contribution in [1.82, 2.24) is 15.5 Å². The van der Waals surface area contributed by atoms with E-state index in [0.717, 1.165) is 12.8 Å². The Labute approximate surface area is 148 Å². The largest absolute Gasteiger partial charge is 0.401 e. The minimum atomic E-state index is -4.14. The highest BCUT2D eigenvalue weighted by molar-refractivity contribution is 5.79. The predicted molar refractivity (Wildman–Crippen MR) is 96.9 cm³/mol.